The number of hydrogen-bond donors (Lipinski definition) is 1. The van der Waals surface area contributed by atoms with Crippen LogP contribution in [0.3, 0.4) is 0 Å². The standard InChI is InChI=1S/C45H56F3N5O9S/c1-7-28-19-27(2)11-8-9-12-29-24-44(29,41(57)51-63(58,59)43(5)15-16-43)25-36(54)35-21-31(26-52(35)40(56)33(28)22-39(55)62-42(3,4)45(46,47)48)61-37-23-38(53-18-10-17-49-53)50-34-20-30(60-6)13-14-32(34)37/h9-10,12-14,17-18,20,23,27-29,31,33,35H,7-8,11,15-16,19,21-22,24-26H2,1-6H3,(H,51,57)/b12-9-/t27-,28-,29-,31-,33+,35?,44-/m1/s1. The Kier molecular flexibility index (Phi) is 12.5. The van der Waals surface area contributed by atoms with Crippen molar-refractivity contribution in [1.29, 1.82) is 0 Å². The molecular weight excluding hydrogens is 844 g/mol. The smallest absolute Gasteiger partial charge is 0.427 e. The molecule has 3 fully saturated rings. The molecule has 2 aliphatic carbocycles. The number of aromatic nitrogens is 3. The molecule has 1 saturated heterocycles. The molecule has 2 amide bonds. The molecule has 7 atom stereocenters. The highest BCUT2D eigenvalue weighted by atomic mass is 32.2. The van der Waals surface area contributed by atoms with Crippen LogP contribution in [0, 0.1) is 29.1 Å². The Bertz CT molecular complexity index is 2380. The number of benzene rings is 1. The molecule has 1 unspecified atom stereocenters. The summed E-state index contributed by atoms with van der Waals surface area (Å²) in [6.45, 7) is 6.76. The molecule has 1 N–H and O–H groups in total. The Morgan fingerprint density at radius 2 is 1.84 bits per heavy atom. The van der Waals surface area contributed by atoms with Gasteiger partial charge in [0.25, 0.3) is 0 Å². The summed E-state index contributed by atoms with van der Waals surface area (Å²) < 4.78 is 88.3. The molecule has 14 nitrogen and oxygen atoms in total. The molecule has 0 bridgehead atoms. The average molecular weight is 900 g/mol. The molecule has 18 heteroatoms. The first kappa shape index (κ1) is 46.0. The van der Waals surface area contributed by atoms with Crippen LogP contribution in [0.2, 0.25) is 0 Å². The zero-order valence-corrected chi connectivity index (χ0v) is 37.3. The van der Waals surface area contributed by atoms with Crippen LogP contribution in [-0.2, 0) is 33.9 Å². The van der Waals surface area contributed by atoms with Gasteiger partial charge >= 0.3 is 12.1 Å². The highest BCUT2D eigenvalue weighted by Crippen LogP contribution is 2.58. The maximum absolute atomic E-state index is 15.2. The molecule has 4 aliphatic rings. The van der Waals surface area contributed by atoms with Crippen molar-refractivity contribution < 1.29 is 55.0 Å². The number of carbonyl (C=O) groups is 4. The van der Waals surface area contributed by atoms with E-state index in [2.05, 4.69) is 9.82 Å². The van der Waals surface area contributed by atoms with E-state index < -0.39 is 91.8 Å². The zero-order chi connectivity index (χ0) is 45.7. The Hall–Kier alpha value is -5.00. The molecular formula is C45H56F3N5O9S. The lowest BCUT2D eigenvalue weighted by Gasteiger charge is -2.34. The van der Waals surface area contributed by atoms with E-state index in [-0.39, 0.29) is 31.7 Å². The number of ketones is 1. The van der Waals surface area contributed by atoms with Gasteiger partial charge in [-0.3, -0.25) is 23.9 Å². The van der Waals surface area contributed by atoms with Crippen molar-refractivity contribution >= 4 is 44.5 Å². The number of sulfonamides is 1. The van der Waals surface area contributed by atoms with Gasteiger partial charge in [-0.05, 0) is 95.2 Å². The molecule has 4 heterocycles. The third-order valence-electron chi connectivity index (χ3n) is 13.6. The number of hydrogen-bond acceptors (Lipinski definition) is 11. The lowest BCUT2D eigenvalue weighted by Crippen LogP contribution is -2.49. The van der Waals surface area contributed by atoms with Gasteiger partial charge in [-0.25, -0.2) is 18.1 Å². The Labute approximate surface area is 365 Å². The summed E-state index contributed by atoms with van der Waals surface area (Å²) in [6, 6.07) is 7.45. The van der Waals surface area contributed by atoms with Crippen LogP contribution in [-0.4, -0.2) is 94.0 Å². The summed E-state index contributed by atoms with van der Waals surface area (Å²) >= 11 is 0. The molecule has 342 valence electrons. The number of nitrogens with zero attached hydrogens (tertiary/aromatic N) is 4. The van der Waals surface area contributed by atoms with Gasteiger partial charge in [-0.15, -0.1) is 0 Å². The summed E-state index contributed by atoms with van der Waals surface area (Å²) in [6.07, 6.45) is 3.40. The summed E-state index contributed by atoms with van der Waals surface area (Å²) in [5.74, 6) is -3.88. The van der Waals surface area contributed by atoms with Gasteiger partial charge in [0.2, 0.25) is 27.4 Å². The van der Waals surface area contributed by atoms with E-state index in [0.29, 0.717) is 66.7 Å². The second-order valence-electron chi connectivity index (χ2n) is 18.6. The highest BCUT2D eigenvalue weighted by molar-refractivity contribution is 7.91. The van der Waals surface area contributed by atoms with Crippen LogP contribution in [0.5, 0.6) is 11.5 Å². The predicted octanol–water partition coefficient (Wildman–Crippen LogP) is 7.03. The number of Topliss-reactive ketones (excluding diaryl/α,β-unsaturated/α-hetero) is 1. The third kappa shape index (κ3) is 9.46. The number of alkyl halides is 3. The van der Waals surface area contributed by atoms with Crippen molar-refractivity contribution in [2.24, 2.45) is 29.1 Å². The number of methoxy groups -OCH3 is 1. The van der Waals surface area contributed by atoms with Crippen LogP contribution >= 0.6 is 0 Å². The number of pyridine rings is 1. The first-order valence-electron chi connectivity index (χ1n) is 21.6. The quantitative estimate of drug-likeness (QED) is 0.154. The summed E-state index contributed by atoms with van der Waals surface area (Å²) in [5.41, 5.74) is -3.72. The van der Waals surface area contributed by atoms with Gasteiger partial charge < -0.3 is 19.1 Å². The van der Waals surface area contributed by atoms with E-state index in [1.54, 1.807) is 54.3 Å². The second-order valence-corrected chi connectivity index (χ2v) is 20.8. The normalized spacial score (nSPS) is 28.2. The number of ether oxygens (including phenoxy) is 3. The van der Waals surface area contributed by atoms with Gasteiger partial charge in [-0.2, -0.15) is 18.3 Å². The largest absolute Gasteiger partial charge is 0.497 e. The topological polar surface area (TPSA) is 176 Å². The molecule has 7 rings (SSSR count). The minimum absolute atomic E-state index is 0.00835. The number of rotatable bonds is 11. The van der Waals surface area contributed by atoms with Gasteiger partial charge in [0.1, 0.15) is 17.6 Å². The number of fused-ring (bicyclic) bond motifs is 3. The third-order valence-corrected chi connectivity index (χ3v) is 15.7. The predicted molar refractivity (Wildman–Crippen MR) is 225 cm³/mol. The summed E-state index contributed by atoms with van der Waals surface area (Å²) in [5, 5.41) is 4.91. The molecule has 0 spiro atoms. The van der Waals surface area contributed by atoms with Crippen LogP contribution in [0.1, 0.15) is 98.8 Å². The van der Waals surface area contributed by atoms with Crippen molar-refractivity contribution in [1.82, 2.24) is 24.4 Å². The lowest BCUT2D eigenvalue weighted by molar-refractivity contribution is -0.257. The van der Waals surface area contributed by atoms with Crippen molar-refractivity contribution in [3.05, 3.63) is 54.9 Å². The number of halogens is 3. The van der Waals surface area contributed by atoms with Crippen molar-refractivity contribution in [3.63, 3.8) is 0 Å². The number of carbonyl (C=O) groups excluding carboxylic acids is 4. The maximum atomic E-state index is 15.2. The van der Waals surface area contributed by atoms with Crippen LogP contribution in [0.4, 0.5) is 13.2 Å². The fourth-order valence-corrected chi connectivity index (χ4v) is 10.3. The van der Waals surface area contributed by atoms with Crippen LogP contribution < -0.4 is 14.2 Å². The monoisotopic (exact) mass is 899 g/mol. The maximum Gasteiger partial charge on any atom is 0.427 e. The summed E-state index contributed by atoms with van der Waals surface area (Å²) in [7, 11) is -2.53. The fourth-order valence-electron chi connectivity index (χ4n) is 8.99. The van der Waals surface area contributed by atoms with E-state index >= 15 is 4.79 Å². The van der Waals surface area contributed by atoms with Gasteiger partial charge in [0.05, 0.1) is 47.7 Å². The van der Waals surface area contributed by atoms with E-state index in [1.807, 2.05) is 26.0 Å². The van der Waals surface area contributed by atoms with Crippen molar-refractivity contribution in [2.45, 2.75) is 127 Å². The average Bonchev–Trinajstić information content (AvgIpc) is 3.97. The lowest BCUT2D eigenvalue weighted by atomic mass is 9.79. The van der Waals surface area contributed by atoms with Gasteiger partial charge in [0, 0.05) is 42.8 Å². The molecule has 2 aliphatic heterocycles. The molecule has 2 aromatic heterocycles. The van der Waals surface area contributed by atoms with Crippen LogP contribution in [0.15, 0.2) is 54.9 Å². The molecule has 1 aromatic carbocycles. The SMILES string of the molecule is CC[C@@H]1C[C@H](C)CC/C=C\[C@@H]2C[C@@]2(C(=O)NS(=O)(=O)C2(C)CC2)CC(=O)C2C[C@@H](Oc3cc(-n4cccn4)nc4cc(OC)ccc34)CN2C(=O)[C@H]1CC(=O)OC(C)(C)C(F)(F)F. The van der Waals surface area contributed by atoms with Gasteiger partial charge in [0.15, 0.2) is 11.6 Å². The molecule has 2 saturated carbocycles. The van der Waals surface area contributed by atoms with Gasteiger partial charge in [-0.1, -0.05) is 32.4 Å². The van der Waals surface area contributed by atoms with Crippen molar-refractivity contribution in [2.75, 3.05) is 13.7 Å². The molecule has 3 aromatic rings. The fraction of sp³-hybridized carbons (Fsp3) is 0.600. The van der Waals surface area contributed by atoms with Crippen molar-refractivity contribution in [3.8, 4) is 17.3 Å². The van der Waals surface area contributed by atoms with E-state index in [4.69, 9.17) is 19.2 Å². The highest BCUT2D eigenvalue weighted by Gasteiger charge is 2.63. The first-order chi connectivity index (χ1) is 29.6. The second kappa shape index (κ2) is 17.2. The number of allylic oxidation sites excluding steroid dienone is 2. The molecule has 0 radical (unpaired) electrons. The zero-order valence-electron chi connectivity index (χ0n) is 36.4. The number of esters is 1. The van der Waals surface area contributed by atoms with E-state index in [1.165, 1.54) is 12.0 Å². The van der Waals surface area contributed by atoms with Crippen LogP contribution in [0.25, 0.3) is 16.7 Å². The minimum atomic E-state index is -4.88. The first-order valence-corrected chi connectivity index (χ1v) is 23.1. The Morgan fingerprint density at radius 1 is 1.10 bits per heavy atom. The Balaban J connectivity index is 1.27. The number of amides is 2. The summed E-state index contributed by atoms with van der Waals surface area (Å²) in [4.78, 5) is 63.7. The molecule has 63 heavy (non-hydrogen) atoms. The van der Waals surface area contributed by atoms with E-state index in [9.17, 15) is 36.0 Å². The number of nitrogens with one attached hydrogen (secondary N) is 1. The van der Waals surface area contributed by atoms with E-state index in [0.717, 1.165) is 13.8 Å². The minimum Gasteiger partial charge on any atom is -0.497 e. The Morgan fingerprint density at radius 3 is 2.49 bits per heavy atom.